The van der Waals surface area contributed by atoms with Crippen molar-refractivity contribution in [1.82, 2.24) is 14.6 Å². The SMILES string of the molecule is OC1CCC(CNc2nccn3ncc(Br)c23)C1. The van der Waals surface area contributed by atoms with Gasteiger partial charge in [0.1, 0.15) is 5.52 Å². The monoisotopic (exact) mass is 310 g/mol. The summed E-state index contributed by atoms with van der Waals surface area (Å²) in [5.41, 5.74) is 0.955. The highest BCUT2D eigenvalue weighted by Gasteiger charge is 2.22. The highest BCUT2D eigenvalue weighted by Crippen LogP contribution is 2.27. The molecule has 0 amide bonds. The van der Waals surface area contributed by atoms with Gasteiger partial charge in [0.25, 0.3) is 0 Å². The predicted molar refractivity (Wildman–Crippen MR) is 72.5 cm³/mol. The molecule has 2 aromatic heterocycles. The number of halogens is 1. The maximum atomic E-state index is 9.51. The topological polar surface area (TPSA) is 62.5 Å². The van der Waals surface area contributed by atoms with Gasteiger partial charge in [-0.25, -0.2) is 9.50 Å². The van der Waals surface area contributed by atoms with E-state index in [-0.39, 0.29) is 6.10 Å². The molecule has 0 radical (unpaired) electrons. The Morgan fingerprint density at radius 1 is 1.50 bits per heavy atom. The minimum atomic E-state index is -0.123. The van der Waals surface area contributed by atoms with Crippen molar-refractivity contribution >= 4 is 27.3 Å². The average molecular weight is 311 g/mol. The van der Waals surface area contributed by atoms with Crippen LogP contribution in [0.5, 0.6) is 0 Å². The quantitative estimate of drug-likeness (QED) is 0.911. The van der Waals surface area contributed by atoms with E-state index in [2.05, 4.69) is 31.3 Å². The van der Waals surface area contributed by atoms with E-state index in [1.807, 2.05) is 6.20 Å². The van der Waals surface area contributed by atoms with Gasteiger partial charge in [-0.15, -0.1) is 0 Å². The van der Waals surface area contributed by atoms with Crippen molar-refractivity contribution in [3.63, 3.8) is 0 Å². The van der Waals surface area contributed by atoms with E-state index in [4.69, 9.17) is 0 Å². The van der Waals surface area contributed by atoms with Gasteiger partial charge in [0, 0.05) is 18.9 Å². The van der Waals surface area contributed by atoms with Gasteiger partial charge in [-0.2, -0.15) is 5.10 Å². The standard InChI is InChI=1S/C12H15BrN4O/c13-10-7-16-17-4-3-14-12(11(10)17)15-6-8-1-2-9(18)5-8/h3-4,7-9,18H,1-2,5-6H2,(H,14,15). The fourth-order valence-corrected chi connectivity index (χ4v) is 2.97. The summed E-state index contributed by atoms with van der Waals surface area (Å²) in [6.07, 6.45) is 8.08. The second kappa shape index (κ2) is 4.85. The molecule has 3 rings (SSSR count). The van der Waals surface area contributed by atoms with Crippen LogP contribution in [-0.2, 0) is 0 Å². The van der Waals surface area contributed by atoms with E-state index in [1.165, 1.54) is 0 Å². The van der Waals surface area contributed by atoms with Crippen molar-refractivity contribution < 1.29 is 5.11 Å². The molecule has 18 heavy (non-hydrogen) atoms. The Kier molecular flexibility index (Phi) is 3.22. The molecule has 1 fully saturated rings. The molecule has 2 N–H and O–H groups in total. The van der Waals surface area contributed by atoms with E-state index < -0.39 is 0 Å². The van der Waals surface area contributed by atoms with E-state index in [1.54, 1.807) is 16.9 Å². The van der Waals surface area contributed by atoms with Gasteiger partial charge in [0.05, 0.1) is 16.8 Å². The lowest BCUT2D eigenvalue weighted by molar-refractivity contribution is 0.178. The van der Waals surface area contributed by atoms with Gasteiger partial charge in [-0.05, 0) is 41.1 Å². The zero-order valence-corrected chi connectivity index (χ0v) is 11.5. The summed E-state index contributed by atoms with van der Waals surface area (Å²) in [5, 5.41) is 17.1. The smallest absolute Gasteiger partial charge is 0.153 e. The third-order valence-electron chi connectivity index (χ3n) is 3.46. The molecule has 0 aromatic carbocycles. The summed E-state index contributed by atoms with van der Waals surface area (Å²) in [6, 6.07) is 0. The number of hydrogen-bond donors (Lipinski definition) is 2. The third kappa shape index (κ3) is 2.22. The number of anilines is 1. The molecular weight excluding hydrogens is 296 g/mol. The molecule has 1 saturated carbocycles. The lowest BCUT2D eigenvalue weighted by atomic mass is 10.1. The molecule has 96 valence electrons. The second-order valence-corrected chi connectivity index (χ2v) is 5.63. The molecule has 2 heterocycles. The molecule has 2 aromatic rings. The van der Waals surface area contributed by atoms with Crippen LogP contribution in [0.15, 0.2) is 23.1 Å². The van der Waals surface area contributed by atoms with Crippen molar-refractivity contribution in [2.24, 2.45) is 5.92 Å². The summed E-state index contributed by atoms with van der Waals surface area (Å²) >= 11 is 3.48. The number of aromatic nitrogens is 3. The van der Waals surface area contributed by atoms with E-state index in [9.17, 15) is 5.11 Å². The highest BCUT2D eigenvalue weighted by atomic mass is 79.9. The Balaban J connectivity index is 1.76. The molecule has 1 aliphatic carbocycles. The van der Waals surface area contributed by atoms with Gasteiger partial charge < -0.3 is 10.4 Å². The van der Waals surface area contributed by atoms with Gasteiger partial charge >= 0.3 is 0 Å². The number of rotatable bonds is 3. The van der Waals surface area contributed by atoms with E-state index >= 15 is 0 Å². The van der Waals surface area contributed by atoms with Gasteiger partial charge in [0.15, 0.2) is 5.82 Å². The Morgan fingerprint density at radius 3 is 3.17 bits per heavy atom. The van der Waals surface area contributed by atoms with Gasteiger partial charge in [-0.1, -0.05) is 0 Å². The van der Waals surface area contributed by atoms with Crippen LogP contribution in [0.25, 0.3) is 5.52 Å². The average Bonchev–Trinajstić information content (AvgIpc) is 2.94. The Morgan fingerprint density at radius 2 is 2.39 bits per heavy atom. The number of hydrogen-bond acceptors (Lipinski definition) is 4. The first-order chi connectivity index (χ1) is 8.74. The molecule has 0 bridgehead atoms. The van der Waals surface area contributed by atoms with Crippen LogP contribution in [0.3, 0.4) is 0 Å². The summed E-state index contributed by atoms with van der Waals surface area (Å²) < 4.78 is 2.73. The molecule has 1 aliphatic rings. The number of aliphatic hydroxyl groups excluding tert-OH is 1. The molecule has 2 unspecified atom stereocenters. The number of nitrogens with one attached hydrogen (secondary N) is 1. The number of nitrogens with zero attached hydrogens (tertiary/aromatic N) is 3. The molecule has 5 nitrogen and oxygen atoms in total. The maximum Gasteiger partial charge on any atom is 0.153 e. The fourth-order valence-electron chi connectivity index (χ4n) is 2.51. The van der Waals surface area contributed by atoms with Crippen molar-refractivity contribution in [2.45, 2.75) is 25.4 Å². The summed E-state index contributed by atoms with van der Waals surface area (Å²) in [7, 11) is 0. The largest absolute Gasteiger partial charge is 0.393 e. The molecule has 2 atom stereocenters. The highest BCUT2D eigenvalue weighted by molar-refractivity contribution is 9.10. The first kappa shape index (κ1) is 11.9. The molecular formula is C12H15BrN4O. The first-order valence-electron chi connectivity index (χ1n) is 6.14. The minimum absolute atomic E-state index is 0.123. The zero-order chi connectivity index (χ0) is 12.5. The molecule has 0 spiro atoms. The molecule has 0 saturated heterocycles. The molecule has 6 heteroatoms. The lowest BCUT2D eigenvalue weighted by Gasteiger charge is -2.12. The van der Waals surface area contributed by atoms with Crippen molar-refractivity contribution in [2.75, 3.05) is 11.9 Å². The van der Waals surface area contributed by atoms with Crippen LogP contribution in [0.4, 0.5) is 5.82 Å². The second-order valence-electron chi connectivity index (χ2n) is 4.78. The Bertz CT molecular complexity index is 556. The van der Waals surface area contributed by atoms with E-state index in [0.29, 0.717) is 5.92 Å². The minimum Gasteiger partial charge on any atom is -0.393 e. The predicted octanol–water partition coefficient (Wildman–Crippen LogP) is 2.06. The van der Waals surface area contributed by atoms with Crippen LogP contribution in [0.2, 0.25) is 0 Å². The zero-order valence-electron chi connectivity index (χ0n) is 9.88. The summed E-state index contributed by atoms with van der Waals surface area (Å²) in [4.78, 5) is 4.36. The number of aliphatic hydroxyl groups is 1. The molecule has 0 aliphatic heterocycles. The maximum absolute atomic E-state index is 9.51. The van der Waals surface area contributed by atoms with Crippen LogP contribution >= 0.6 is 15.9 Å². The fraction of sp³-hybridized carbons (Fsp3) is 0.500. The van der Waals surface area contributed by atoms with Crippen molar-refractivity contribution in [1.29, 1.82) is 0 Å². The van der Waals surface area contributed by atoms with Crippen LogP contribution in [0.1, 0.15) is 19.3 Å². The lowest BCUT2D eigenvalue weighted by Crippen LogP contribution is -2.14. The number of fused-ring (bicyclic) bond motifs is 1. The first-order valence-corrected chi connectivity index (χ1v) is 6.93. The Labute approximate surface area is 113 Å². The Hall–Kier alpha value is -1.14. The van der Waals surface area contributed by atoms with Gasteiger partial charge in [-0.3, -0.25) is 0 Å². The third-order valence-corrected chi connectivity index (χ3v) is 4.04. The van der Waals surface area contributed by atoms with Crippen molar-refractivity contribution in [3.8, 4) is 0 Å². The van der Waals surface area contributed by atoms with Crippen molar-refractivity contribution in [3.05, 3.63) is 23.1 Å². The van der Waals surface area contributed by atoms with Crippen LogP contribution < -0.4 is 5.32 Å². The van der Waals surface area contributed by atoms with E-state index in [0.717, 1.165) is 41.6 Å². The normalized spacial score (nSPS) is 23.7. The summed E-state index contributed by atoms with van der Waals surface area (Å²) in [5.74, 6) is 1.37. The van der Waals surface area contributed by atoms with Gasteiger partial charge in [0.2, 0.25) is 0 Å². The van der Waals surface area contributed by atoms with Crippen LogP contribution in [0, 0.1) is 5.92 Å². The summed E-state index contributed by atoms with van der Waals surface area (Å²) in [6.45, 7) is 0.849. The van der Waals surface area contributed by atoms with Crippen LogP contribution in [-0.4, -0.2) is 32.4 Å².